The Morgan fingerprint density at radius 2 is 1.53 bits per heavy atom. The Morgan fingerprint density at radius 3 is 2.17 bits per heavy atom. The monoisotopic (exact) mass is 505 g/mol. The second-order valence-corrected chi connectivity index (χ2v) is 10.7. The van der Waals surface area contributed by atoms with Crippen LogP contribution in [0.4, 0.5) is 10.5 Å². The van der Waals surface area contributed by atoms with Crippen molar-refractivity contribution >= 4 is 11.8 Å². The molecule has 2 fully saturated rings. The highest BCUT2D eigenvalue weighted by atomic mass is 16.8. The number of fused-ring (bicyclic) bond motifs is 1. The quantitative estimate of drug-likeness (QED) is 0.256. The number of hydrogen-bond acceptors (Lipinski definition) is 6. The summed E-state index contributed by atoms with van der Waals surface area (Å²) in [7, 11) is 0. The van der Waals surface area contributed by atoms with Gasteiger partial charge >= 0.3 is 6.09 Å². The first-order chi connectivity index (χ1) is 17.3. The van der Waals surface area contributed by atoms with Gasteiger partial charge in [-0.15, -0.1) is 0 Å². The minimum Gasteiger partial charge on any atom is -0.443 e. The lowest BCUT2D eigenvalue weighted by Crippen LogP contribution is -2.40. The molecule has 0 spiro atoms. The summed E-state index contributed by atoms with van der Waals surface area (Å²) in [4.78, 5) is 12.5. The third-order valence-electron chi connectivity index (χ3n) is 6.88. The van der Waals surface area contributed by atoms with Crippen LogP contribution in [0.25, 0.3) is 0 Å². The summed E-state index contributed by atoms with van der Waals surface area (Å²) in [6.07, 6.45) is 9.99. The molecule has 1 N–H and O–H groups in total. The minimum atomic E-state index is -0.736. The van der Waals surface area contributed by atoms with Crippen LogP contribution in [0.15, 0.2) is 24.3 Å². The van der Waals surface area contributed by atoms with Crippen molar-refractivity contribution in [2.45, 2.75) is 135 Å². The molecule has 3 rings (SSSR count). The van der Waals surface area contributed by atoms with E-state index in [-0.39, 0.29) is 12.2 Å². The van der Waals surface area contributed by atoms with E-state index in [0.29, 0.717) is 12.3 Å². The van der Waals surface area contributed by atoms with Gasteiger partial charge in [0, 0.05) is 12.3 Å². The maximum Gasteiger partial charge on any atom is 0.411 e. The van der Waals surface area contributed by atoms with Gasteiger partial charge in [-0.2, -0.15) is 0 Å². The molecule has 2 aliphatic heterocycles. The van der Waals surface area contributed by atoms with Crippen LogP contribution >= 0.6 is 0 Å². The first kappa shape index (κ1) is 28.9. The lowest BCUT2D eigenvalue weighted by atomic mass is 10.1. The average molecular weight is 506 g/mol. The minimum absolute atomic E-state index is 0.348. The third-order valence-corrected chi connectivity index (χ3v) is 6.88. The van der Waals surface area contributed by atoms with Gasteiger partial charge in [-0.1, -0.05) is 82.4 Å². The van der Waals surface area contributed by atoms with Gasteiger partial charge in [0.2, 0.25) is 0 Å². The van der Waals surface area contributed by atoms with Crippen LogP contribution in [0.2, 0.25) is 0 Å². The SMILES string of the molecule is CCCCCCCCCCCCO[C@@H]1O[C@@H]([C@H](C)OC(=O)Nc2ccc(C)cc2)[C@H]2OC(C)(C)O[C@@H]12. The molecule has 2 saturated heterocycles. The molecule has 36 heavy (non-hydrogen) atoms. The van der Waals surface area contributed by atoms with Crippen molar-refractivity contribution in [2.24, 2.45) is 0 Å². The highest BCUT2D eigenvalue weighted by Crippen LogP contribution is 2.40. The van der Waals surface area contributed by atoms with Gasteiger partial charge in [-0.25, -0.2) is 4.79 Å². The first-order valence-electron chi connectivity index (χ1n) is 14.0. The van der Waals surface area contributed by atoms with E-state index in [1.807, 2.05) is 52.0 Å². The largest absolute Gasteiger partial charge is 0.443 e. The van der Waals surface area contributed by atoms with E-state index in [2.05, 4.69) is 12.2 Å². The van der Waals surface area contributed by atoms with Crippen molar-refractivity contribution in [1.29, 1.82) is 0 Å². The third kappa shape index (κ3) is 9.02. The topological polar surface area (TPSA) is 75.3 Å². The predicted molar refractivity (Wildman–Crippen MR) is 141 cm³/mol. The summed E-state index contributed by atoms with van der Waals surface area (Å²) in [6.45, 7) is 10.5. The fraction of sp³-hybridized carbons (Fsp3) is 0.759. The number of rotatable bonds is 15. The molecule has 1 aromatic rings. The zero-order chi connectivity index (χ0) is 26.0. The molecule has 2 heterocycles. The Hall–Kier alpha value is -1.67. The molecule has 0 unspecified atom stereocenters. The van der Waals surface area contributed by atoms with Crippen LogP contribution in [0.3, 0.4) is 0 Å². The van der Waals surface area contributed by atoms with Crippen LogP contribution in [0.5, 0.6) is 0 Å². The van der Waals surface area contributed by atoms with E-state index in [1.54, 1.807) is 0 Å². The summed E-state index contributed by atoms with van der Waals surface area (Å²) in [6, 6.07) is 7.56. The molecule has 0 saturated carbocycles. The van der Waals surface area contributed by atoms with Crippen LogP contribution in [-0.2, 0) is 23.7 Å². The van der Waals surface area contributed by atoms with E-state index < -0.39 is 30.4 Å². The van der Waals surface area contributed by atoms with Gasteiger partial charge in [0.05, 0.1) is 0 Å². The number of hydrogen-bond donors (Lipinski definition) is 1. The van der Waals surface area contributed by atoms with Crippen molar-refractivity contribution in [3.8, 4) is 0 Å². The lowest BCUT2D eigenvalue weighted by molar-refractivity contribution is -0.241. The molecule has 204 valence electrons. The van der Waals surface area contributed by atoms with Crippen LogP contribution < -0.4 is 5.32 Å². The first-order valence-corrected chi connectivity index (χ1v) is 14.0. The lowest BCUT2D eigenvalue weighted by Gasteiger charge is -2.27. The second kappa shape index (κ2) is 14.3. The number of benzene rings is 1. The maximum atomic E-state index is 12.5. The molecule has 5 atom stereocenters. The molecule has 7 heteroatoms. The molecule has 0 aliphatic carbocycles. The molecule has 1 amide bonds. The Morgan fingerprint density at radius 1 is 0.944 bits per heavy atom. The number of carbonyl (C=O) groups excluding carboxylic acids is 1. The Kier molecular flexibility index (Phi) is 11.5. The molecule has 0 aromatic heterocycles. The Labute approximate surface area is 217 Å². The van der Waals surface area contributed by atoms with Gasteiger partial charge in [0.1, 0.15) is 24.4 Å². The number of ether oxygens (including phenoxy) is 5. The standard InChI is InChI=1S/C29H47NO6/c1-6-7-8-9-10-11-12-13-14-15-20-32-27-26-25(35-29(4,5)36-26)24(34-27)22(3)33-28(31)30-23-18-16-21(2)17-19-23/h16-19,22,24-27H,6-15,20H2,1-5H3,(H,30,31)/t22-,24-,25+,26+,27+/m0/s1. The molecule has 0 radical (unpaired) electrons. The van der Waals surface area contributed by atoms with Gasteiger partial charge in [-0.3, -0.25) is 5.32 Å². The average Bonchev–Trinajstić information content (AvgIpc) is 3.32. The number of anilines is 1. The Bertz CT molecular complexity index is 782. The van der Waals surface area contributed by atoms with Crippen LogP contribution in [0, 0.1) is 6.92 Å². The smallest absolute Gasteiger partial charge is 0.411 e. The molecule has 2 aliphatic rings. The van der Waals surface area contributed by atoms with Gasteiger partial charge in [-0.05, 0) is 46.2 Å². The predicted octanol–water partition coefficient (Wildman–Crippen LogP) is 7.11. The van der Waals surface area contributed by atoms with Crippen LogP contribution in [0.1, 0.15) is 97.5 Å². The van der Waals surface area contributed by atoms with Crippen molar-refractivity contribution in [1.82, 2.24) is 0 Å². The summed E-state index contributed by atoms with van der Waals surface area (Å²) in [5.74, 6) is -0.736. The van der Waals surface area contributed by atoms with E-state index >= 15 is 0 Å². The zero-order valence-corrected chi connectivity index (χ0v) is 22.9. The second-order valence-electron chi connectivity index (χ2n) is 10.7. The fourth-order valence-corrected chi connectivity index (χ4v) is 4.91. The number of carbonyl (C=O) groups is 1. The van der Waals surface area contributed by atoms with E-state index in [9.17, 15) is 4.79 Å². The number of nitrogens with one attached hydrogen (secondary N) is 1. The van der Waals surface area contributed by atoms with E-state index in [1.165, 1.54) is 51.4 Å². The summed E-state index contributed by atoms with van der Waals surface area (Å²) < 4.78 is 30.1. The van der Waals surface area contributed by atoms with Gasteiger partial charge in [0.15, 0.2) is 12.1 Å². The molecule has 0 bridgehead atoms. The zero-order valence-electron chi connectivity index (χ0n) is 22.9. The summed E-state index contributed by atoms with van der Waals surface area (Å²) in [5.41, 5.74) is 1.81. The van der Waals surface area contributed by atoms with Crippen molar-refractivity contribution in [3.63, 3.8) is 0 Å². The normalized spacial score (nSPS) is 25.5. The van der Waals surface area contributed by atoms with Crippen molar-refractivity contribution in [3.05, 3.63) is 29.8 Å². The van der Waals surface area contributed by atoms with E-state index in [0.717, 1.165) is 18.4 Å². The highest BCUT2D eigenvalue weighted by molar-refractivity contribution is 5.84. The van der Waals surface area contributed by atoms with Gasteiger partial charge in [0.25, 0.3) is 0 Å². The molecule has 7 nitrogen and oxygen atoms in total. The van der Waals surface area contributed by atoms with E-state index in [4.69, 9.17) is 23.7 Å². The number of amides is 1. The van der Waals surface area contributed by atoms with Crippen molar-refractivity contribution < 1.29 is 28.5 Å². The van der Waals surface area contributed by atoms with Crippen LogP contribution in [-0.4, -0.2) is 49.2 Å². The molecular formula is C29H47NO6. The fourth-order valence-electron chi connectivity index (χ4n) is 4.91. The molecule has 1 aromatic carbocycles. The summed E-state index contributed by atoms with van der Waals surface area (Å²) in [5, 5.41) is 2.77. The van der Waals surface area contributed by atoms with Gasteiger partial charge < -0.3 is 23.7 Å². The highest BCUT2D eigenvalue weighted by Gasteiger charge is 2.57. The maximum absolute atomic E-state index is 12.5. The number of unbranched alkanes of at least 4 members (excludes halogenated alkanes) is 9. The van der Waals surface area contributed by atoms with Crippen molar-refractivity contribution in [2.75, 3.05) is 11.9 Å². The summed E-state index contributed by atoms with van der Waals surface area (Å²) >= 11 is 0. The molecular weight excluding hydrogens is 458 g/mol. The Balaban J connectivity index is 1.39. The number of aryl methyl sites for hydroxylation is 1.